The molecule has 3 rings (SSSR count). The second-order valence-corrected chi connectivity index (χ2v) is 10.6. The minimum Gasteiger partial charge on any atom is -0.494 e. The number of hydrogen-bond acceptors (Lipinski definition) is 4. The van der Waals surface area contributed by atoms with Gasteiger partial charge in [0.15, 0.2) is 0 Å². The highest BCUT2D eigenvalue weighted by Crippen LogP contribution is 2.30. The first-order chi connectivity index (χ1) is 15.3. The molecule has 32 heavy (non-hydrogen) atoms. The second kappa shape index (κ2) is 11.4. The average molecular weight is 499 g/mol. The number of carbonyl (C=O) groups excluding carboxylic acids is 1. The molecule has 0 spiro atoms. The Kier molecular flexibility index (Phi) is 8.82. The van der Waals surface area contributed by atoms with E-state index in [0.29, 0.717) is 31.0 Å². The molecular formula is C23H28Cl2N2O4S. The molecule has 1 aliphatic heterocycles. The summed E-state index contributed by atoms with van der Waals surface area (Å²) in [4.78, 5) is 12.6. The van der Waals surface area contributed by atoms with Gasteiger partial charge in [0.05, 0.1) is 11.6 Å². The molecule has 0 aliphatic carbocycles. The Bertz CT molecular complexity index is 1040. The lowest BCUT2D eigenvalue weighted by molar-refractivity contribution is -0.126. The highest BCUT2D eigenvalue weighted by Gasteiger charge is 2.33. The van der Waals surface area contributed by atoms with Gasteiger partial charge in [-0.05, 0) is 55.2 Å². The van der Waals surface area contributed by atoms with Gasteiger partial charge < -0.3 is 10.1 Å². The van der Waals surface area contributed by atoms with Crippen molar-refractivity contribution in [2.45, 2.75) is 44.0 Å². The van der Waals surface area contributed by atoms with E-state index in [9.17, 15) is 13.2 Å². The summed E-state index contributed by atoms with van der Waals surface area (Å²) in [7, 11) is -3.76. The third-order valence-corrected chi connectivity index (χ3v) is 8.08. The Balaban J connectivity index is 1.52. The second-order valence-electron chi connectivity index (χ2n) is 7.82. The lowest BCUT2D eigenvalue weighted by atomic mass is 9.97. The fraction of sp³-hybridized carbons (Fsp3) is 0.435. The highest BCUT2D eigenvalue weighted by molar-refractivity contribution is 7.89. The Labute approximate surface area is 199 Å². The highest BCUT2D eigenvalue weighted by atomic mass is 35.5. The molecule has 9 heteroatoms. The Morgan fingerprint density at radius 2 is 1.91 bits per heavy atom. The molecule has 1 fully saturated rings. The average Bonchev–Trinajstić information content (AvgIpc) is 2.79. The molecule has 0 atom stereocenters. The van der Waals surface area contributed by atoms with E-state index in [1.54, 1.807) is 6.07 Å². The summed E-state index contributed by atoms with van der Waals surface area (Å²) in [6.45, 7) is 3.70. The van der Waals surface area contributed by atoms with E-state index in [-0.39, 0.29) is 34.8 Å². The maximum atomic E-state index is 12.9. The summed E-state index contributed by atoms with van der Waals surface area (Å²) in [5.41, 5.74) is 0.961. The lowest BCUT2D eigenvalue weighted by Crippen LogP contribution is -2.42. The first-order valence-corrected chi connectivity index (χ1v) is 13.0. The summed E-state index contributed by atoms with van der Waals surface area (Å²) < 4.78 is 33.0. The summed E-state index contributed by atoms with van der Waals surface area (Å²) in [6.07, 6.45) is 2.97. The van der Waals surface area contributed by atoms with E-state index in [4.69, 9.17) is 27.9 Å². The molecular weight excluding hydrogens is 471 g/mol. The van der Waals surface area contributed by atoms with E-state index in [1.165, 1.54) is 16.4 Å². The number of ether oxygens (including phenoxy) is 1. The lowest BCUT2D eigenvalue weighted by Gasteiger charge is -2.30. The number of amides is 1. The number of hydrogen-bond donors (Lipinski definition) is 1. The van der Waals surface area contributed by atoms with Gasteiger partial charge in [0.25, 0.3) is 0 Å². The molecule has 1 saturated heterocycles. The van der Waals surface area contributed by atoms with Gasteiger partial charge in [-0.25, -0.2) is 8.42 Å². The van der Waals surface area contributed by atoms with Gasteiger partial charge in [-0.3, -0.25) is 4.79 Å². The van der Waals surface area contributed by atoms with Crippen molar-refractivity contribution in [2.24, 2.45) is 5.92 Å². The number of sulfonamides is 1. The molecule has 0 saturated carbocycles. The number of nitrogens with one attached hydrogen (secondary N) is 1. The smallest absolute Gasteiger partial charge is 0.244 e. The fourth-order valence-electron chi connectivity index (χ4n) is 3.59. The van der Waals surface area contributed by atoms with Crippen molar-refractivity contribution < 1.29 is 17.9 Å². The minimum absolute atomic E-state index is 0.00407. The third-order valence-electron chi connectivity index (χ3n) is 5.47. The van der Waals surface area contributed by atoms with Crippen LogP contribution in [0.15, 0.2) is 47.4 Å². The van der Waals surface area contributed by atoms with Crippen LogP contribution in [0.3, 0.4) is 0 Å². The largest absolute Gasteiger partial charge is 0.494 e. The van der Waals surface area contributed by atoms with Crippen LogP contribution in [0.5, 0.6) is 5.75 Å². The van der Waals surface area contributed by atoms with E-state index >= 15 is 0 Å². The van der Waals surface area contributed by atoms with Crippen LogP contribution in [-0.2, 0) is 21.4 Å². The summed E-state index contributed by atoms with van der Waals surface area (Å²) >= 11 is 12.0. The van der Waals surface area contributed by atoms with Crippen LogP contribution < -0.4 is 10.1 Å². The van der Waals surface area contributed by atoms with Crippen molar-refractivity contribution in [3.63, 3.8) is 0 Å². The van der Waals surface area contributed by atoms with Crippen molar-refractivity contribution in [3.05, 3.63) is 58.1 Å². The van der Waals surface area contributed by atoms with Crippen LogP contribution in [0.1, 0.15) is 38.2 Å². The number of halogens is 2. The normalized spacial score (nSPS) is 15.5. The molecule has 0 radical (unpaired) electrons. The minimum atomic E-state index is -3.76. The van der Waals surface area contributed by atoms with Crippen LogP contribution >= 0.6 is 23.2 Å². The Hall–Kier alpha value is -1.80. The van der Waals surface area contributed by atoms with Crippen LogP contribution in [0.4, 0.5) is 0 Å². The zero-order chi connectivity index (χ0) is 23.1. The predicted molar refractivity (Wildman–Crippen MR) is 127 cm³/mol. The van der Waals surface area contributed by atoms with E-state index in [1.807, 2.05) is 24.3 Å². The van der Waals surface area contributed by atoms with Gasteiger partial charge in [-0.1, -0.05) is 48.7 Å². The predicted octanol–water partition coefficient (Wildman–Crippen LogP) is 4.89. The summed E-state index contributed by atoms with van der Waals surface area (Å²) in [5.74, 6) is 0.490. The van der Waals surface area contributed by atoms with Gasteiger partial charge in [-0.15, -0.1) is 0 Å². The molecule has 0 aromatic heterocycles. The maximum absolute atomic E-state index is 12.9. The van der Waals surface area contributed by atoms with Gasteiger partial charge in [-0.2, -0.15) is 4.31 Å². The van der Waals surface area contributed by atoms with Gasteiger partial charge in [0.1, 0.15) is 10.6 Å². The van der Waals surface area contributed by atoms with Crippen molar-refractivity contribution in [2.75, 3.05) is 19.7 Å². The van der Waals surface area contributed by atoms with Crippen molar-refractivity contribution >= 4 is 39.1 Å². The summed E-state index contributed by atoms with van der Waals surface area (Å²) in [6, 6.07) is 12.1. The molecule has 1 aliphatic rings. The fourth-order valence-corrected chi connectivity index (χ4v) is 5.79. The van der Waals surface area contributed by atoms with E-state index in [2.05, 4.69) is 12.2 Å². The maximum Gasteiger partial charge on any atom is 0.244 e. The third kappa shape index (κ3) is 6.38. The van der Waals surface area contributed by atoms with E-state index < -0.39 is 10.0 Å². The van der Waals surface area contributed by atoms with E-state index in [0.717, 1.165) is 24.2 Å². The topological polar surface area (TPSA) is 75.7 Å². The number of nitrogens with zero attached hydrogens (tertiary/aromatic N) is 1. The van der Waals surface area contributed by atoms with Crippen LogP contribution in [0.25, 0.3) is 0 Å². The molecule has 2 aromatic rings. The van der Waals surface area contributed by atoms with Crippen molar-refractivity contribution in [3.8, 4) is 5.75 Å². The number of benzene rings is 2. The first kappa shape index (κ1) is 24.8. The Morgan fingerprint density at radius 1 is 1.16 bits per heavy atom. The number of carbonyl (C=O) groups is 1. The van der Waals surface area contributed by atoms with Crippen molar-refractivity contribution in [1.82, 2.24) is 9.62 Å². The molecule has 1 amide bonds. The van der Waals surface area contributed by atoms with Crippen LogP contribution in [0.2, 0.25) is 10.0 Å². The molecule has 1 N–H and O–H groups in total. The monoisotopic (exact) mass is 498 g/mol. The quantitative estimate of drug-likeness (QED) is 0.499. The molecule has 0 unspecified atom stereocenters. The van der Waals surface area contributed by atoms with Gasteiger partial charge >= 0.3 is 0 Å². The SMILES string of the molecule is CCCCOc1cccc(CNC(=O)C2CCN(S(=O)(=O)c3cc(Cl)ccc3Cl)CC2)c1. The Morgan fingerprint density at radius 3 is 2.62 bits per heavy atom. The van der Waals surface area contributed by atoms with Crippen LogP contribution in [-0.4, -0.2) is 38.3 Å². The van der Waals surface area contributed by atoms with Gasteiger partial charge in [0.2, 0.25) is 15.9 Å². The molecule has 1 heterocycles. The molecule has 6 nitrogen and oxygen atoms in total. The molecule has 0 bridgehead atoms. The van der Waals surface area contributed by atoms with Crippen LogP contribution in [0, 0.1) is 5.92 Å². The summed E-state index contributed by atoms with van der Waals surface area (Å²) in [5, 5.41) is 3.41. The first-order valence-electron chi connectivity index (χ1n) is 10.8. The number of unbranched alkanes of at least 4 members (excludes halogenated alkanes) is 1. The number of piperidine rings is 1. The standard InChI is InChI=1S/C23H28Cl2N2O4S/c1-2-3-13-31-20-6-4-5-17(14-20)16-26-23(28)18-9-11-27(12-10-18)32(29,30)22-15-19(24)7-8-21(22)25/h4-8,14-15,18H,2-3,9-13,16H2,1H3,(H,26,28). The van der Waals surface area contributed by atoms with Crippen molar-refractivity contribution in [1.29, 1.82) is 0 Å². The van der Waals surface area contributed by atoms with Gasteiger partial charge in [0, 0.05) is 30.6 Å². The molecule has 2 aromatic carbocycles. The zero-order valence-corrected chi connectivity index (χ0v) is 20.3. The zero-order valence-electron chi connectivity index (χ0n) is 18.0. The number of rotatable bonds is 9. The molecule has 174 valence electrons.